The lowest BCUT2D eigenvalue weighted by Gasteiger charge is -2.27. The number of rotatable bonds is 3. The second kappa shape index (κ2) is 4.08. The smallest absolute Gasteiger partial charge is 0.444 e. The molecule has 0 saturated heterocycles. The van der Waals surface area contributed by atoms with Crippen molar-refractivity contribution in [3.05, 3.63) is 0 Å². The molecule has 0 N–H and O–H groups in total. The van der Waals surface area contributed by atoms with Gasteiger partial charge < -0.3 is 5.26 Å². The lowest BCUT2D eigenvalue weighted by Crippen LogP contribution is -2.50. The van der Waals surface area contributed by atoms with Crippen LogP contribution in [0, 0.1) is 0 Å². The van der Waals surface area contributed by atoms with E-state index < -0.39 is 29.4 Å². The third kappa shape index (κ3) is 2.62. The van der Waals surface area contributed by atoms with E-state index in [9.17, 15) is 30.7 Å². The van der Waals surface area contributed by atoms with Gasteiger partial charge in [0.05, 0.1) is 12.0 Å². The van der Waals surface area contributed by atoms with Gasteiger partial charge in [0.25, 0.3) is 0 Å². The molecule has 0 bridgehead atoms. The molecule has 0 aromatic rings. The van der Waals surface area contributed by atoms with E-state index in [0.717, 1.165) is 0 Å². The highest BCUT2D eigenvalue weighted by atomic mass is 32.2. The van der Waals surface area contributed by atoms with Crippen LogP contribution in [0.5, 0.6) is 0 Å². The number of hydrogen-bond donors (Lipinski definition) is 0. The second-order valence-electron chi connectivity index (χ2n) is 1.81. The van der Waals surface area contributed by atoms with Crippen LogP contribution >= 0.6 is 12.0 Å². The molecular weight excluding hydrogens is 249 g/mol. The minimum absolute atomic E-state index is 1.81. The van der Waals surface area contributed by atoms with Crippen LogP contribution in [0.25, 0.3) is 0 Å². The molecule has 0 amide bonds. The molecule has 0 spiro atoms. The fraction of sp³-hybridized carbons (Fsp3) is 1.00. The van der Waals surface area contributed by atoms with Crippen molar-refractivity contribution in [3.8, 4) is 0 Å². The van der Waals surface area contributed by atoms with Gasteiger partial charge >= 0.3 is 17.4 Å². The summed E-state index contributed by atoms with van der Waals surface area (Å²) in [5, 5.41) is 5.48. The maximum atomic E-state index is 12.4. The Morgan fingerprint density at radius 3 is 1.43 bits per heavy atom. The summed E-state index contributed by atoms with van der Waals surface area (Å²) in [7, 11) is 0. The Morgan fingerprint density at radius 1 is 0.857 bits per heavy atom. The Kier molecular flexibility index (Phi) is 4.01. The van der Waals surface area contributed by atoms with Gasteiger partial charge in [0.2, 0.25) is 0 Å². The van der Waals surface area contributed by atoms with E-state index in [2.05, 4.69) is 9.37 Å². The molecule has 0 saturated carbocycles. The van der Waals surface area contributed by atoms with E-state index in [1.807, 2.05) is 0 Å². The highest BCUT2D eigenvalue weighted by Gasteiger charge is 2.74. The highest BCUT2D eigenvalue weighted by molar-refractivity contribution is 7.95. The molecule has 0 rings (SSSR count). The molecule has 0 atom stereocenters. The summed E-state index contributed by atoms with van der Waals surface area (Å²) < 4.78 is 84.5. The lowest BCUT2D eigenvalue weighted by molar-refractivity contribution is -0.777. The Balaban J connectivity index is 4.87. The predicted octanol–water partition coefficient (Wildman–Crippen LogP) is 1.65. The fourth-order valence-electron chi connectivity index (χ4n) is 0.316. The number of halogens is 7. The Morgan fingerprint density at radius 2 is 1.21 bits per heavy atom. The van der Waals surface area contributed by atoms with Crippen molar-refractivity contribution in [2.75, 3.05) is 0 Å². The first-order chi connectivity index (χ1) is 6.06. The van der Waals surface area contributed by atoms with Gasteiger partial charge in [0, 0.05) is 0 Å². The van der Waals surface area contributed by atoms with Crippen molar-refractivity contribution >= 4 is 12.0 Å². The van der Waals surface area contributed by atoms with Crippen LogP contribution in [0.3, 0.4) is 0 Å². The number of alkyl halides is 7. The molecule has 11 heteroatoms. The summed E-state index contributed by atoms with van der Waals surface area (Å²) >= 11 is -1.81. The van der Waals surface area contributed by atoms with Crippen molar-refractivity contribution < 1.29 is 45.4 Å². The van der Waals surface area contributed by atoms with Crippen molar-refractivity contribution in [2.45, 2.75) is 17.4 Å². The van der Waals surface area contributed by atoms with E-state index in [-0.39, 0.29) is 0 Å². The van der Waals surface area contributed by atoms with Crippen LogP contribution in [-0.4, -0.2) is 17.4 Å². The minimum atomic E-state index is -6.28. The fourth-order valence-corrected chi connectivity index (χ4v) is 0.626. The molecule has 3 nitrogen and oxygen atoms in total. The number of hydrogen-bond acceptors (Lipinski definition) is 4. The summed E-state index contributed by atoms with van der Waals surface area (Å²) in [5.74, 6) is 0. The summed E-state index contributed by atoms with van der Waals surface area (Å²) in [6.45, 7) is 0. The van der Waals surface area contributed by atoms with E-state index in [0.29, 0.717) is 0 Å². The lowest BCUT2D eigenvalue weighted by atomic mass is 10.3. The maximum Gasteiger partial charge on any atom is 0.444 e. The molecule has 0 aliphatic carbocycles. The zero-order valence-electron chi connectivity index (χ0n) is 5.78. The van der Waals surface area contributed by atoms with Gasteiger partial charge in [0.1, 0.15) is 0 Å². The molecule has 0 heterocycles. The average molecular weight is 249 g/mol. The first kappa shape index (κ1) is 13.7. The average Bonchev–Trinajstić information content (AvgIpc) is 1.95. The third-order valence-corrected chi connectivity index (χ3v) is 1.72. The van der Waals surface area contributed by atoms with Gasteiger partial charge in [0.15, 0.2) is 0 Å². The predicted molar refractivity (Wildman–Crippen MR) is 25.7 cm³/mol. The van der Waals surface area contributed by atoms with Gasteiger partial charge in [-0.1, -0.05) is 0 Å². The van der Waals surface area contributed by atoms with E-state index in [1.54, 1.807) is 0 Å². The summed E-state index contributed by atoms with van der Waals surface area (Å²) in [4.78, 5) is 0. The Labute approximate surface area is 75.8 Å². The topological polar surface area (TPSA) is 41.5 Å². The molecule has 0 aliphatic rings. The summed E-state index contributed by atoms with van der Waals surface area (Å²) in [6.07, 6.45) is -12.6. The van der Waals surface area contributed by atoms with E-state index in [4.69, 9.17) is 5.26 Å². The van der Waals surface area contributed by atoms with Crippen molar-refractivity contribution in [3.63, 3.8) is 0 Å². The van der Waals surface area contributed by atoms with Gasteiger partial charge in [-0.15, -0.1) is 0 Å². The molecule has 0 radical (unpaired) electrons. The van der Waals surface area contributed by atoms with Crippen molar-refractivity contribution in [1.29, 1.82) is 0 Å². The molecule has 0 aromatic heterocycles. The van der Waals surface area contributed by atoms with Gasteiger partial charge in [-0.2, -0.15) is 30.7 Å². The van der Waals surface area contributed by atoms with Crippen LogP contribution in [0.1, 0.15) is 0 Å². The maximum absolute atomic E-state index is 12.4. The van der Waals surface area contributed by atoms with Gasteiger partial charge in [-0.25, -0.2) is 4.39 Å². The molecule has 86 valence electrons. The first-order valence-corrected chi connectivity index (χ1v) is 3.27. The summed E-state index contributed by atoms with van der Waals surface area (Å²) in [5.41, 5.74) is 0. The van der Waals surface area contributed by atoms with Crippen molar-refractivity contribution in [2.24, 2.45) is 0 Å². The normalized spacial score (nSPS) is 14.6. The highest BCUT2D eigenvalue weighted by Crippen LogP contribution is 2.53. The van der Waals surface area contributed by atoms with Crippen LogP contribution in [-0.2, 0) is 9.37 Å². The third-order valence-electron chi connectivity index (χ3n) is 0.906. The Hall–Kier alpha value is -0.260. The van der Waals surface area contributed by atoms with Gasteiger partial charge in [-0.3, -0.25) is 5.04 Å². The van der Waals surface area contributed by atoms with Gasteiger partial charge in [-0.05, 0) is 0 Å². The summed E-state index contributed by atoms with van der Waals surface area (Å²) in [6, 6.07) is 0. The van der Waals surface area contributed by atoms with Crippen molar-refractivity contribution in [1.82, 2.24) is 0 Å². The molecule has 0 unspecified atom stereocenters. The van der Waals surface area contributed by atoms with Crippen LogP contribution in [0.2, 0.25) is 0 Å². The SMILES string of the molecule is [O-]OOSC(F)(C(F)(F)F)C(F)(F)F. The molecule has 0 aliphatic heterocycles. The van der Waals surface area contributed by atoms with E-state index in [1.165, 1.54) is 0 Å². The Bertz CT molecular complexity index is 174. The minimum Gasteiger partial charge on any atom is -0.691 e. The largest absolute Gasteiger partial charge is 0.691 e. The first-order valence-electron chi connectivity index (χ1n) is 2.53. The standard InChI is InChI=1S/C3HF7O3S/c4-1(2(5,6)7,3(8,9)10)14-13-12-11/h11H/p-1. The zero-order chi connectivity index (χ0) is 11.6. The van der Waals surface area contributed by atoms with Crippen LogP contribution in [0.15, 0.2) is 0 Å². The van der Waals surface area contributed by atoms with Crippen LogP contribution < -0.4 is 5.26 Å². The zero-order valence-corrected chi connectivity index (χ0v) is 6.60. The monoisotopic (exact) mass is 249 g/mol. The van der Waals surface area contributed by atoms with Crippen LogP contribution in [0.4, 0.5) is 30.7 Å². The molecule has 14 heavy (non-hydrogen) atoms. The van der Waals surface area contributed by atoms with E-state index >= 15 is 0 Å². The molecular formula is C3F7O3S-. The quantitative estimate of drug-likeness (QED) is 0.330. The second-order valence-corrected chi connectivity index (χ2v) is 2.68. The molecule has 0 fully saturated rings. The molecule has 0 aromatic carbocycles.